The van der Waals surface area contributed by atoms with Gasteiger partial charge in [-0.1, -0.05) is 11.6 Å². The molecule has 0 amide bonds. The van der Waals surface area contributed by atoms with Crippen LogP contribution >= 0.6 is 11.6 Å². The lowest BCUT2D eigenvalue weighted by atomic mass is 10.1. The summed E-state index contributed by atoms with van der Waals surface area (Å²) in [6, 6.07) is 5.55. The number of halogens is 1. The summed E-state index contributed by atoms with van der Waals surface area (Å²) in [6.07, 6.45) is 1.74. The van der Waals surface area contributed by atoms with Crippen molar-refractivity contribution in [2.45, 2.75) is 13.5 Å². The Hall–Kier alpha value is -1.12. The summed E-state index contributed by atoms with van der Waals surface area (Å²) in [6.45, 7) is 1.97. The van der Waals surface area contributed by atoms with Crippen LogP contribution in [0.25, 0.3) is 10.9 Å². The van der Waals surface area contributed by atoms with Crippen molar-refractivity contribution < 1.29 is 5.11 Å². The maximum absolute atomic E-state index is 9.15. The fraction of sp³-hybridized carbons (Fsp3) is 0.182. The van der Waals surface area contributed by atoms with Gasteiger partial charge in [0.1, 0.15) is 0 Å². The van der Waals surface area contributed by atoms with Crippen molar-refractivity contribution in [1.82, 2.24) is 4.98 Å². The molecule has 2 aromatic rings. The summed E-state index contributed by atoms with van der Waals surface area (Å²) in [5.41, 5.74) is 2.72. The van der Waals surface area contributed by atoms with E-state index in [4.69, 9.17) is 16.7 Å². The number of pyridine rings is 1. The molecule has 0 saturated heterocycles. The van der Waals surface area contributed by atoms with Gasteiger partial charge in [0.05, 0.1) is 12.1 Å². The molecule has 3 heteroatoms. The summed E-state index contributed by atoms with van der Waals surface area (Å²) in [5.74, 6) is 0. The smallest absolute Gasteiger partial charge is 0.0760 e. The van der Waals surface area contributed by atoms with Crippen LogP contribution in [0, 0.1) is 6.92 Å². The average molecular weight is 208 g/mol. The molecule has 1 N–H and O–H groups in total. The number of rotatable bonds is 1. The highest BCUT2D eigenvalue weighted by molar-refractivity contribution is 6.31. The Morgan fingerprint density at radius 3 is 2.93 bits per heavy atom. The van der Waals surface area contributed by atoms with E-state index in [0.29, 0.717) is 5.02 Å². The van der Waals surface area contributed by atoms with Crippen molar-refractivity contribution in [3.05, 3.63) is 40.5 Å². The zero-order chi connectivity index (χ0) is 10.1. The first-order chi connectivity index (χ1) is 6.72. The number of aryl methyl sites for hydroxylation is 1. The van der Waals surface area contributed by atoms with Crippen LogP contribution in [0.5, 0.6) is 0 Å². The molecule has 1 heterocycles. The molecule has 0 aliphatic heterocycles. The molecule has 0 radical (unpaired) electrons. The second kappa shape index (κ2) is 3.56. The zero-order valence-electron chi connectivity index (χ0n) is 7.79. The number of aromatic nitrogens is 1. The number of hydrogen-bond acceptors (Lipinski definition) is 2. The maximum atomic E-state index is 9.15. The highest BCUT2D eigenvalue weighted by Crippen LogP contribution is 2.24. The summed E-state index contributed by atoms with van der Waals surface area (Å²) >= 11 is 5.94. The molecule has 2 nitrogen and oxygen atoms in total. The number of aliphatic hydroxyl groups excluding tert-OH is 1. The van der Waals surface area contributed by atoms with Gasteiger partial charge in [0, 0.05) is 22.2 Å². The molecule has 0 aliphatic carbocycles. The standard InChI is InChI=1S/C11H10ClNO/c1-7-2-3-13-11-8(6-14)4-9(12)5-10(7)11/h2-5,14H,6H2,1H3. The first-order valence-corrected chi connectivity index (χ1v) is 4.75. The second-order valence-corrected chi connectivity index (χ2v) is 3.68. The van der Waals surface area contributed by atoms with Crippen LogP contribution in [0.1, 0.15) is 11.1 Å². The molecule has 0 bridgehead atoms. The van der Waals surface area contributed by atoms with Crippen LogP contribution in [0.2, 0.25) is 5.02 Å². The van der Waals surface area contributed by atoms with Crippen molar-refractivity contribution in [2.24, 2.45) is 0 Å². The molecule has 0 spiro atoms. The fourth-order valence-corrected chi connectivity index (χ4v) is 1.78. The Balaban J connectivity index is 2.87. The third kappa shape index (κ3) is 1.47. The number of hydrogen-bond donors (Lipinski definition) is 1. The third-order valence-corrected chi connectivity index (χ3v) is 2.50. The topological polar surface area (TPSA) is 33.1 Å². The monoisotopic (exact) mass is 207 g/mol. The number of nitrogens with zero attached hydrogens (tertiary/aromatic N) is 1. The quantitative estimate of drug-likeness (QED) is 0.780. The summed E-state index contributed by atoms with van der Waals surface area (Å²) < 4.78 is 0. The van der Waals surface area contributed by atoms with E-state index in [1.807, 2.05) is 19.1 Å². The van der Waals surface area contributed by atoms with Crippen LogP contribution in [0.4, 0.5) is 0 Å². The van der Waals surface area contributed by atoms with Crippen molar-refractivity contribution >= 4 is 22.5 Å². The van der Waals surface area contributed by atoms with Gasteiger partial charge in [0.15, 0.2) is 0 Å². The van der Waals surface area contributed by atoms with Crippen molar-refractivity contribution in [3.8, 4) is 0 Å². The van der Waals surface area contributed by atoms with E-state index in [1.54, 1.807) is 12.3 Å². The molecule has 0 fully saturated rings. The first kappa shape index (κ1) is 9.44. The molecule has 1 aromatic heterocycles. The van der Waals surface area contributed by atoms with E-state index in [0.717, 1.165) is 22.0 Å². The first-order valence-electron chi connectivity index (χ1n) is 4.37. The normalized spacial score (nSPS) is 10.8. The highest BCUT2D eigenvalue weighted by atomic mass is 35.5. The van der Waals surface area contributed by atoms with E-state index >= 15 is 0 Å². The minimum atomic E-state index is -0.0342. The summed E-state index contributed by atoms with van der Waals surface area (Å²) in [7, 11) is 0. The number of aliphatic hydroxyl groups is 1. The average Bonchev–Trinajstić information content (AvgIpc) is 2.18. The summed E-state index contributed by atoms with van der Waals surface area (Å²) in [4.78, 5) is 4.24. The maximum Gasteiger partial charge on any atom is 0.0760 e. The van der Waals surface area contributed by atoms with Gasteiger partial charge in [0.2, 0.25) is 0 Å². The van der Waals surface area contributed by atoms with Crippen molar-refractivity contribution in [2.75, 3.05) is 0 Å². The molecule has 1 aromatic carbocycles. The molecular weight excluding hydrogens is 198 g/mol. The molecular formula is C11H10ClNO. The zero-order valence-corrected chi connectivity index (χ0v) is 8.54. The van der Waals surface area contributed by atoms with Crippen LogP contribution in [0.3, 0.4) is 0 Å². The number of benzene rings is 1. The lowest BCUT2D eigenvalue weighted by Gasteiger charge is -2.06. The van der Waals surface area contributed by atoms with E-state index < -0.39 is 0 Å². The van der Waals surface area contributed by atoms with Gasteiger partial charge in [-0.2, -0.15) is 0 Å². The number of fused-ring (bicyclic) bond motifs is 1. The Kier molecular flexibility index (Phi) is 2.40. The van der Waals surface area contributed by atoms with E-state index in [2.05, 4.69) is 4.98 Å². The molecule has 2 rings (SSSR count). The van der Waals surface area contributed by atoms with Gasteiger partial charge in [-0.25, -0.2) is 0 Å². The molecule has 0 aliphatic rings. The molecule has 0 saturated carbocycles. The Labute approximate surface area is 87.2 Å². The Bertz CT molecular complexity index is 482. The molecule has 0 unspecified atom stereocenters. The van der Waals surface area contributed by atoms with Crippen LogP contribution < -0.4 is 0 Å². The highest BCUT2D eigenvalue weighted by Gasteiger charge is 2.05. The van der Waals surface area contributed by atoms with Gasteiger partial charge in [-0.15, -0.1) is 0 Å². The predicted octanol–water partition coefficient (Wildman–Crippen LogP) is 2.69. The van der Waals surface area contributed by atoms with Gasteiger partial charge >= 0.3 is 0 Å². The minimum Gasteiger partial charge on any atom is -0.392 e. The summed E-state index contributed by atoms with van der Waals surface area (Å²) in [5, 5.41) is 10.8. The third-order valence-electron chi connectivity index (χ3n) is 2.28. The second-order valence-electron chi connectivity index (χ2n) is 3.25. The Morgan fingerprint density at radius 2 is 2.21 bits per heavy atom. The largest absolute Gasteiger partial charge is 0.392 e. The predicted molar refractivity (Wildman–Crippen MR) is 57.4 cm³/mol. The van der Waals surface area contributed by atoms with Crippen molar-refractivity contribution in [3.63, 3.8) is 0 Å². The Morgan fingerprint density at radius 1 is 1.43 bits per heavy atom. The van der Waals surface area contributed by atoms with Crippen LogP contribution in [-0.4, -0.2) is 10.1 Å². The van der Waals surface area contributed by atoms with Crippen LogP contribution in [-0.2, 0) is 6.61 Å². The van der Waals surface area contributed by atoms with Gasteiger partial charge < -0.3 is 5.11 Å². The van der Waals surface area contributed by atoms with E-state index in [-0.39, 0.29) is 6.61 Å². The molecule has 72 valence electrons. The van der Waals surface area contributed by atoms with Gasteiger partial charge in [-0.05, 0) is 30.7 Å². The van der Waals surface area contributed by atoms with Crippen LogP contribution in [0.15, 0.2) is 24.4 Å². The van der Waals surface area contributed by atoms with E-state index in [9.17, 15) is 0 Å². The minimum absolute atomic E-state index is 0.0342. The fourth-order valence-electron chi connectivity index (χ4n) is 1.54. The van der Waals surface area contributed by atoms with Crippen molar-refractivity contribution in [1.29, 1.82) is 0 Å². The van der Waals surface area contributed by atoms with Gasteiger partial charge in [-0.3, -0.25) is 4.98 Å². The lowest BCUT2D eigenvalue weighted by Crippen LogP contribution is -1.90. The molecule has 0 atom stereocenters. The molecule has 14 heavy (non-hydrogen) atoms. The van der Waals surface area contributed by atoms with Gasteiger partial charge in [0.25, 0.3) is 0 Å². The SMILES string of the molecule is Cc1ccnc2c(CO)cc(Cl)cc12. The lowest BCUT2D eigenvalue weighted by molar-refractivity contribution is 0.283. The van der Waals surface area contributed by atoms with E-state index in [1.165, 1.54) is 0 Å².